The molecule has 4 atom stereocenters. The molecule has 126 valence electrons. The van der Waals surface area contributed by atoms with Crippen molar-refractivity contribution in [2.75, 3.05) is 0 Å². The molecular weight excluding hydrogens is 284 g/mol. The third-order valence-corrected chi connectivity index (χ3v) is 7.23. The van der Waals surface area contributed by atoms with Gasteiger partial charge in [-0.25, -0.2) is 0 Å². The molecule has 1 fully saturated rings. The molecule has 0 bridgehead atoms. The molecule has 2 aliphatic carbocycles. The predicted octanol–water partition coefficient (Wildman–Crippen LogP) is 5.44. The van der Waals surface area contributed by atoms with Crippen LogP contribution in [0, 0.1) is 22.7 Å². The third kappa shape index (κ3) is 2.56. The summed E-state index contributed by atoms with van der Waals surface area (Å²) in [4.78, 5) is 0. The molecule has 2 nitrogen and oxygen atoms in total. The second-order valence-corrected chi connectivity index (χ2v) is 8.37. The van der Waals surface area contributed by atoms with E-state index in [0.717, 1.165) is 12.0 Å². The zero-order valence-corrected chi connectivity index (χ0v) is 14.9. The number of aromatic hydroxyl groups is 2. The lowest BCUT2D eigenvalue weighted by atomic mass is 9.47. The maximum absolute atomic E-state index is 10.3. The van der Waals surface area contributed by atoms with Crippen LogP contribution >= 0.6 is 0 Å². The summed E-state index contributed by atoms with van der Waals surface area (Å²) in [7, 11) is 0. The summed E-state index contributed by atoms with van der Waals surface area (Å²) in [5, 5.41) is 20.1. The summed E-state index contributed by atoms with van der Waals surface area (Å²) in [6.07, 6.45) is 8.16. The second-order valence-electron chi connectivity index (χ2n) is 8.37. The van der Waals surface area contributed by atoms with Gasteiger partial charge in [0.1, 0.15) is 11.5 Å². The fourth-order valence-electron chi connectivity index (χ4n) is 5.33. The van der Waals surface area contributed by atoms with Crippen molar-refractivity contribution in [1.29, 1.82) is 0 Å². The molecule has 0 aliphatic heterocycles. The van der Waals surface area contributed by atoms with E-state index in [4.69, 9.17) is 0 Å². The normalized spacial score (nSPS) is 37.1. The molecule has 2 aliphatic rings. The molecule has 1 saturated carbocycles. The van der Waals surface area contributed by atoms with Gasteiger partial charge >= 0.3 is 0 Å². The van der Waals surface area contributed by atoms with Crippen LogP contribution in [0.5, 0.6) is 11.5 Å². The van der Waals surface area contributed by atoms with Crippen LogP contribution in [0.25, 0.3) is 0 Å². The van der Waals surface area contributed by atoms with Crippen LogP contribution in [0.1, 0.15) is 58.9 Å². The van der Waals surface area contributed by atoms with Crippen molar-refractivity contribution >= 4 is 0 Å². The van der Waals surface area contributed by atoms with Crippen LogP contribution < -0.4 is 0 Å². The lowest BCUT2D eigenvalue weighted by molar-refractivity contribution is -0.0412. The first-order valence-electron chi connectivity index (χ1n) is 8.95. The highest BCUT2D eigenvalue weighted by Gasteiger charge is 2.53. The summed E-state index contributed by atoms with van der Waals surface area (Å²) in [5.41, 5.74) is 2.86. The highest BCUT2D eigenvalue weighted by atomic mass is 16.3. The molecule has 1 aromatic carbocycles. The van der Waals surface area contributed by atoms with E-state index in [0.29, 0.717) is 17.6 Å². The quantitative estimate of drug-likeness (QED) is 0.564. The van der Waals surface area contributed by atoms with Gasteiger partial charge in [-0.2, -0.15) is 0 Å². The monoisotopic (exact) mass is 314 g/mol. The first kappa shape index (κ1) is 16.4. The van der Waals surface area contributed by atoms with E-state index >= 15 is 0 Å². The Hall–Kier alpha value is -1.44. The minimum Gasteiger partial charge on any atom is -0.508 e. The second kappa shape index (κ2) is 5.58. The Kier molecular flexibility index (Phi) is 3.98. The van der Waals surface area contributed by atoms with Crippen molar-refractivity contribution < 1.29 is 10.2 Å². The number of hydrogen-bond acceptors (Lipinski definition) is 2. The van der Waals surface area contributed by atoms with Gasteiger partial charge in [0, 0.05) is 0 Å². The molecule has 0 amide bonds. The SMILES string of the molecule is CC1=CCC[C@@H]2[C@@](C)(Cc3cc(O)ccc3O)C(C)CC[C@]12C. The Morgan fingerprint density at radius 2 is 1.91 bits per heavy atom. The van der Waals surface area contributed by atoms with Gasteiger partial charge in [0.2, 0.25) is 0 Å². The van der Waals surface area contributed by atoms with Crippen molar-refractivity contribution in [2.45, 2.75) is 59.8 Å². The molecule has 0 saturated heterocycles. The lowest BCUT2D eigenvalue weighted by Crippen LogP contribution is -2.50. The molecule has 0 aromatic heterocycles. The first-order chi connectivity index (χ1) is 10.8. The number of benzene rings is 1. The van der Waals surface area contributed by atoms with E-state index in [-0.39, 0.29) is 16.6 Å². The van der Waals surface area contributed by atoms with Crippen LogP contribution in [0.4, 0.5) is 0 Å². The zero-order valence-electron chi connectivity index (χ0n) is 14.9. The first-order valence-corrected chi connectivity index (χ1v) is 8.95. The van der Waals surface area contributed by atoms with Gasteiger partial charge in [0.05, 0.1) is 0 Å². The molecule has 2 N–H and O–H groups in total. The molecule has 1 unspecified atom stereocenters. The number of rotatable bonds is 2. The van der Waals surface area contributed by atoms with Gasteiger partial charge in [0.25, 0.3) is 0 Å². The molecule has 3 rings (SSSR count). The van der Waals surface area contributed by atoms with Gasteiger partial charge in [-0.05, 0) is 85.5 Å². The van der Waals surface area contributed by atoms with Crippen molar-refractivity contribution in [3.05, 3.63) is 35.4 Å². The van der Waals surface area contributed by atoms with Crippen LogP contribution in [0.15, 0.2) is 29.8 Å². The fourth-order valence-corrected chi connectivity index (χ4v) is 5.33. The van der Waals surface area contributed by atoms with E-state index in [1.54, 1.807) is 23.8 Å². The Balaban J connectivity index is 2.00. The average molecular weight is 314 g/mol. The number of allylic oxidation sites excluding steroid dienone is 2. The van der Waals surface area contributed by atoms with Crippen molar-refractivity contribution in [3.8, 4) is 11.5 Å². The van der Waals surface area contributed by atoms with E-state index < -0.39 is 0 Å². The Morgan fingerprint density at radius 3 is 2.65 bits per heavy atom. The van der Waals surface area contributed by atoms with Crippen LogP contribution in [-0.2, 0) is 6.42 Å². The Labute approximate surface area is 140 Å². The molecule has 1 aromatic rings. The lowest BCUT2D eigenvalue weighted by Gasteiger charge is -2.58. The van der Waals surface area contributed by atoms with E-state index in [9.17, 15) is 10.2 Å². The fraction of sp³-hybridized carbons (Fsp3) is 0.619. The number of phenols is 2. The summed E-state index contributed by atoms with van der Waals surface area (Å²) in [6, 6.07) is 4.92. The number of phenolic OH excluding ortho intramolecular Hbond substituents is 2. The van der Waals surface area contributed by atoms with Crippen LogP contribution in [0.2, 0.25) is 0 Å². The summed E-state index contributed by atoms with van der Waals surface area (Å²) in [5.74, 6) is 1.80. The molecular formula is C21H30O2. The summed E-state index contributed by atoms with van der Waals surface area (Å²) >= 11 is 0. The van der Waals surface area contributed by atoms with Gasteiger partial charge in [-0.3, -0.25) is 0 Å². The zero-order chi connectivity index (χ0) is 16.8. The predicted molar refractivity (Wildman–Crippen MR) is 94.6 cm³/mol. The third-order valence-electron chi connectivity index (χ3n) is 7.23. The minimum atomic E-state index is 0.147. The van der Waals surface area contributed by atoms with Gasteiger partial charge in [-0.15, -0.1) is 0 Å². The van der Waals surface area contributed by atoms with Gasteiger partial charge in [-0.1, -0.05) is 32.4 Å². The molecule has 2 heteroatoms. The van der Waals surface area contributed by atoms with Crippen molar-refractivity contribution in [3.63, 3.8) is 0 Å². The van der Waals surface area contributed by atoms with Gasteiger partial charge < -0.3 is 10.2 Å². The van der Waals surface area contributed by atoms with Gasteiger partial charge in [0.15, 0.2) is 0 Å². The highest BCUT2D eigenvalue weighted by molar-refractivity contribution is 5.39. The number of fused-ring (bicyclic) bond motifs is 1. The van der Waals surface area contributed by atoms with E-state index in [1.165, 1.54) is 25.7 Å². The highest BCUT2D eigenvalue weighted by Crippen LogP contribution is 2.61. The topological polar surface area (TPSA) is 40.5 Å². The van der Waals surface area contributed by atoms with Crippen molar-refractivity contribution in [2.24, 2.45) is 22.7 Å². The largest absolute Gasteiger partial charge is 0.508 e. The Morgan fingerprint density at radius 1 is 1.17 bits per heavy atom. The number of hydrogen-bond donors (Lipinski definition) is 2. The van der Waals surface area contributed by atoms with E-state index in [2.05, 4.69) is 33.8 Å². The summed E-state index contributed by atoms with van der Waals surface area (Å²) < 4.78 is 0. The van der Waals surface area contributed by atoms with E-state index in [1.807, 2.05) is 0 Å². The average Bonchev–Trinajstić information content (AvgIpc) is 2.50. The molecule has 0 heterocycles. The maximum atomic E-state index is 10.3. The minimum absolute atomic E-state index is 0.147. The van der Waals surface area contributed by atoms with Crippen LogP contribution in [-0.4, -0.2) is 10.2 Å². The van der Waals surface area contributed by atoms with Crippen molar-refractivity contribution in [1.82, 2.24) is 0 Å². The van der Waals surface area contributed by atoms with Crippen LogP contribution in [0.3, 0.4) is 0 Å². The maximum Gasteiger partial charge on any atom is 0.119 e. The smallest absolute Gasteiger partial charge is 0.119 e. The molecule has 0 spiro atoms. The standard InChI is InChI=1S/C21H30O2/c1-14-6-5-7-19-20(14,3)11-10-15(2)21(19,4)13-16-12-17(22)8-9-18(16)23/h6,8-9,12,15,19,22-23H,5,7,10-11,13H2,1-4H3/t15?,19-,20+,21-/m0/s1. The Bertz CT molecular complexity index is 633. The summed E-state index contributed by atoms with van der Waals surface area (Å²) in [6.45, 7) is 9.51. The molecule has 0 radical (unpaired) electrons. The molecule has 23 heavy (non-hydrogen) atoms.